The van der Waals surface area contributed by atoms with E-state index in [4.69, 9.17) is 4.74 Å². The molecule has 13 heavy (non-hydrogen) atoms. The summed E-state index contributed by atoms with van der Waals surface area (Å²) in [6.07, 6.45) is 5.07. The van der Waals surface area contributed by atoms with Crippen LogP contribution in [0.25, 0.3) is 0 Å². The van der Waals surface area contributed by atoms with Crippen LogP contribution in [0, 0.1) is 17.3 Å². The molecule has 2 rings (SSSR count). The first kappa shape index (κ1) is 9.04. The van der Waals surface area contributed by atoms with Gasteiger partial charge in [-0.2, -0.15) is 0 Å². The summed E-state index contributed by atoms with van der Waals surface area (Å²) in [6, 6.07) is 0. The minimum Gasteiger partial charge on any atom is -0.465 e. The van der Waals surface area contributed by atoms with Gasteiger partial charge in [-0.25, -0.2) is 0 Å². The van der Waals surface area contributed by atoms with Gasteiger partial charge in [-0.15, -0.1) is 0 Å². The zero-order valence-electron chi connectivity index (χ0n) is 8.51. The molecule has 2 unspecified atom stereocenters. The van der Waals surface area contributed by atoms with Gasteiger partial charge in [0.1, 0.15) is 0 Å². The Kier molecular flexibility index (Phi) is 2.09. The molecule has 1 aliphatic carbocycles. The molecule has 1 saturated carbocycles. The fourth-order valence-corrected chi connectivity index (χ4v) is 2.88. The van der Waals surface area contributed by atoms with Crippen LogP contribution in [-0.4, -0.2) is 12.6 Å². The van der Waals surface area contributed by atoms with Crippen molar-refractivity contribution in [3.05, 3.63) is 0 Å². The molecular weight excluding hydrogens is 164 g/mol. The van der Waals surface area contributed by atoms with Crippen LogP contribution in [0.4, 0.5) is 0 Å². The molecule has 0 spiro atoms. The van der Waals surface area contributed by atoms with Gasteiger partial charge in [-0.05, 0) is 38.5 Å². The molecule has 1 saturated heterocycles. The highest BCUT2D eigenvalue weighted by Crippen LogP contribution is 2.45. The highest BCUT2D eigenvalue weighted by molar-refractivity contribution is 5.77. The first-order valence-corrected chi connectivity index (χ1v) is 5.29. The summed E-state index contributed by atoms with van der Waals surface area (Å²) < 4.78 is 5.22. The number of ether oxygens (including phenoxy) is 1. The van der Waals surface area contributed by atoms with E-state index in [1.165, 1.54) is 25.7 Å². The minimum absolute atomic E-state index is 0.00986. The molecule has 2 aliphatic rings. The van der Waals surface area contributed by atoms with E-state index in [1.807, 2.05) is 13.8 Å². The van der Waals surface area contributed by atoms with E-state index in [9.17, 15) is 4.79 Å². The lowest BCUT2D eigenvalue weighted by molar-refractivity contribution is -0.173. The number of rotatable bonds is 0. The molecular formula is C11H18O2. The lowest BCUT2D eigenvalue weighted by Gasteiger charge is -2.44. The zero-order chi connectivity index (χ0) is 9.47. The predicted molar refractivity (Wildman–Crippen MR) is 50.2 cm³/mol. The van der Waals surface area contributed by atoms with Crippen molar-refractivity contribution in [3.8, 4) is 0 Å². The van der Waals surface area contributed by atoms with Crippen LogP contribution in [0.1, 0.15) is 39.5 Å². The van der Waals surface area contributed by atoms with Crippen LogP contribution in [-0.2, 0) is 9.53 Å². The molecule has 0 amide bonds. The average Bonchev–Trinajstić information content (AvgIpc) is 2.13. The van der Waals surface area contributed by atoms with Crippen LogP contribution < -0.4 is 0 Å². The summed E-state index contributed by atoms with van der Waals surface area (Å²) in [7, 11) is 0. The van der Waals surface area contributed by atoms with Crippen LogP contribution >= 0.6 is 0 Å². The summed E-state index contributed by atoms with van der Waals surface area (Å²) in [5.74, 6) is 1.22. The molecule has 2 nitrogen and oxygen atoms in total. The van der Waals surface area contributed by atoms with Gasteiger partial charge in [0.25, 0.3) is 0 Å². The second-order valence-electron chi connectivity index (χ2n) is 4.97. The number of hydrogen-bond acceptors (Lipinski definition) is 2. The molecule has 0 N–H and O–H groups in total. The molecule has 2 fully saturated rings. The maximum atomic E-state index is 11.5. The van der Waals surface area contributed by atoms with Gasteiger partial charge >= 0.3 is 5.97 Å². The van der Waals surface area contributed by atoms with Crippen molar-refractivity contribution in [1.29, 1.82) is 0 Å². The van der Waals surface area contributed by atoms with Gasteiger partial charge in [0.2, 0.25) is 0 Å². The summed E-state index contributed by atoms with van der Waals surface area (Å²) in [4.78, 5) is 11.5. The number of cyclic esters (lactones) is 1. The first-order chi connectivity index (χ1) is 6.12. The third-order valence-electron chi connectivity index (χ3n) is 3.79. The zero-order valence-corrected chi connectivity index (χ0v) is 8.51. The highest BCUT2D eigenvalue weighted by atomic mass is 16.5. The first-order valence-electron chi connectivity index (χ1n) is 5.29. The van der Waals surface area contributed by atoms with Crippen LogP contribution in [0.5, 0.6) is 0 Å². The molecule has 1 heterocycles. The highest BCUT2D eigenvalue weighted by Gasteiger charge is 2.47. The molecule has 2 heteroatoms. The van der Waals surface area contributed by atoms with E-state index in [0.29, 0.717) is 18.4 Å². The Hall–Kier alpha value is -0.530. The Labute approximate surface area is 79.7 Å². The molecule has 1 aliphatic heterocycles. The predicted octanol–water partition coefficient (Wildman–Crippen LogP) is 2.38. The Balaban J connectivity index is 2.19. The van der Waals surface area contributed by atoms with Crippen molar-refractivity contribution < 1.29 is 9.53 Å². The second kappa shape index (κ2) is 3.00. The molecule has 74 valence electrons. The Morgan fingerprint density at radius 1 is 1.31 bits per heavy atom. The number of carbonyl (C=O) groups excluding carboxylic acids is 1. The summed E-state index contributed by atoms with van der Waals surface area (Å²) in [5.41, 5.74) is -0.233. The van der Waals surface area contributed by atoms with E-state index < -0.39 is 0 Å². The fraction of sp³-hybridized carbons (Fsp3) is 0.909. The van der Waals surface area contributed by atoms with E-state index in [2.05, 4.69) is 0 Å². The maximum Gasteiger partial charge on any atom is 0.311 e. The monoisotopic (exact) mass is 182 g/mol. The fourth-order valence-electron chi connectivity index (χ4n) is 2.88. The molecule has 0 radical (unpaired) electrons. The minimum atomic E-state index is -0.233. The number of esters is 1. The van der Waals surface area contributed by atoms with E-state index in [1.54, 1.807) is 0 Å². The van der Waals surface area contributed by atoms with Gasteiger partial charge in [-0.3, -0.25) is 4.79 Å². The summed E-state index contributed by atoms with van der Waals surface area (Å²) in [5, 5.41) is 0. The number of carbonyl (C=O) groups is 1. The van der Waals surface area contributed by atoms with Crippen LogP contribution in [0.15, 0.2) is 0 Å². The normalized spacial score (nSPS) is 37.8. The Morgan fingerprint density at radius 2 is 2.00 bits per heavy atom. The molecule has 2 atom stereocenters. The summed E-state index contributed by atoms with van der Waals surface area (Å²) >= 11 is 0. The molecule has 0 aromatic carbocycles. The second-order valence-corrected chi connectivity index (χ2v) is 4.97. The Morgan fingerprint density at radius 3 is 2.77 bits per heavy atom. The van der Waals surface area contributed by atoms with E-state index in [-0.39, 0.29) is 11.4 Å². The van der Waals surface area contributed by atoms with Gasteiger partial charge < -0.3 is 4.74 Å². The SMILES string of the molecule is CC1(C)C(=O)OCC2CCCCC21. The molecule has 0 aromatic heterocycles. The number of fused-ring (bicyclic) bond motifs is 1. The third-order valence-corrected chi connectivity index (χ3v) is 3.79. The van der Waals surface area contributed by atoms with Crippen LogP contribution in [0.2, 0.25) is 0 Å². The van der Waals surface area contributed by atoms with Crippen molar-refractivity contribution in [2.45, 2.75) is 39.5 Å². The smallest absolute Gasteiger partial charge is 0.311 e. The van der Waals surface area contributed by atoms with E-state index >= 15 is 0 Å². The third kappa shape index (κ3) is 1.36. The van der Waals surface area contributed by atoms with E-state index in [0.717, 1.165) is 0 Å². The lowest BCUT2D eigenvalue weighted by atomic mass is 9.64. The van der Waals surface area contributed by atoms with Crippen LogP contribution in [0.3, 0.4) is 0 Å². The van der Waals surface area contributed by atoms with Gasteiger partial charge in [0.05, 0.1) is 12.0 Å². The topological polar surface area (TPSA) is 26.3 Å². The van der Waals surface area contributed by atoms with Gasteiger partial charge in [0.15, 0.2) is 0 Å². The Bertz CT molecular complexity index is 220. The van der Waals surface area contributed by atoms with Crippen molar-refractivity contribution in [3.63, 3.8) is 0 Å². The average molecular weight is 182 g/mol. The van der Waals surface area contributed by atoms with Crippen molar-refractivity contribution >= 4 is 5.97 Å². The standard InChI is InChI=1S/C11H18O2/c1-11(2)9-6-4-3-5-8(9)7-13-10(11)12/h8-9H,3-7H2,1-2H3. The van der Waals surface area contributed by atoms with Gasteiger partial charge in [-0.1, -0.05) is 12.8 Å². The lowest BCUT2D eigenvalue weighted by Crippen LogP contribution is -2.46. The number of hydrogen-bond donors (Lipinski definition) is 0. The maximum absolute atomic E-state index is 11.5. The largest absolute Gasteiger partial charge is 0.465 e. The quantitative estimate of drug-likeness (QED) is 0.538. The van der Waals surface area contributed by atoms with Gasteiger partial charge in [0, 0.05) is 0 Å². The van der Waals surface area contributed by atoms with Crippen molar-refractivity contribution in [1.82, 2.24) is 0 Å². The molecule has 0 aromatic rings. The van der Waals surface area contributed by atoms with Crippen molar-refractivity contribution in [2.24, 2.45) is 17.3 Å². The summed E-state index contributed by atoms with van der Waals surface area (Å²) in [6.45, 7) is 4.75. The molecule has 0 bridgehead atoms. The van der Waals surface area contributed by atoms with Crippen molar-refractivity contribution in [2.75, 3.05) is 6.61 Å².